The second kappa shape index (κ2) is 10.5. The molecule has 5 nitrogen and oxygen atoms in total. The fraction of sp³-hybridized carbons (Fsp3) is 0.412. The molecule has 0 fully saturated rings. The maximum atomic E-state index is 5.69. The van der Waals surface area contributed by atoms with E-state index in [2.05, 4.69) is 27.5 Å². The fourth-order valence-electron chi connectivity index (χ4n) is 2.09. The molecule has 2 rings (SSSR count). The van der Waals surface area contributed by atoms with Crippen molar-refractivity contribution >= 4 is 41.3 Å². The van der Waals surface area contributed by atoms with Crippen LogP contribution in [0.1, 0.15) is 21.1 Å². The van der Waals surface area contributed by atoms with E-state index in [0.29, 0.717) is 13.2 Å². The van der Waals surface area contributed by atoms with Gasteiger partial charge in [-0.1, -0.05) is 17.7 Å². The van der Waals surface area contributed by atoms with Crippen LogP contribution in [0.5, 0.6) is 5.75 Å². The number of hydrogen-bond acceptors (Lipinski definition) is 4. The molecule has 0 bridgehead atoms. The average Bonchev–Trinajstić information content (AvgIpc) is 2.86. The summed E-state index contributed by atoms with van der Waals surface area (Å²) in [6.45, 7) is 8.13. The molecule has 0 radical (unpaired) electrons. The Morgan fingerprint density at radius 1 is 1.17 bits per heavy atom. The minimum atomic E-state index is 0. The highest BCUT2D eigenvalue weighted by molar-refractivity contribution is 14.0. The lowest BCUT2D eigenvalue weighted by atomic mass is 10.2. The van der Waals surface area contributed by atoms with Gasteiger partial charge in [-0.15, -0.1) is 35.3 Å². The van der Waals surface area contributed by atoms with Gasteiger partial charge in [0.2, 0.25) is 0 Å². The minimum absolute atomic E-state index is 0. The second-order valence-corrected chi connectivity index (χ2v) is 6.54. The van der Waals surface area contributed by atoms with Gasteiger partial charge in [-0.25, -0.2) is 4.98 Å². The maximum absolute atomic E-state index is 5.69. The van der Waals surface area contributed by atoms with Crippen molar-refractivity contribution in [1.29, 1.82) is 0 Å². The van der Waals surface area contributed by atoms with Crippen LogP contribution in [-0.4, -0.2) is 31.1 Å². The number of nitrogens with zero attached hydrogens (tertiary/aromatic N) is 2. The first-order chi connectivity index (χ1) is 11.1. The zero-order valence-corrected chi connectivity index (χ0v) is 17.7. The average molecular weight is 460 g/mol. The third-order valence-electron chi connectivity index (χ3n) is 3.32. The molecule has 0 amide bonds. The zero-order chi connectivity index (χ0) is 16.7. The number of benzene rings is 1. The quantitative estimate of drug-likeness (QED) is 0.300. The van der Waals surface area contributed by atoms with Gasteiger partial charge >= 0.3 is 0 Å². The summed E-state index contributed by atoms with van der Waals surface area (Å²) < 4.78 is 5.69. The Morgan fingerprint density at radius 2 is 1.88 bits per heavy atom. The number of thiazole rings is 1. The van der Waals surface area contributed by atoms with Crippen LogP contribution in [0.3, 0.4) is 0 Å². The summed E-state index contributed by atoms with van der Waals surface area (Å²) >= 11 is 1.71. The third-order valence-corrected chi connectivity index (χ3v) is 4.40. The summed E-state index contributed by atoms with van der Waals surface area (Å²) in [5.74, 6) is 1.65. The second-order valence-electron chi connectivity index (χ2n) is 5.26. The predicted molar refractivity (Wildman–Crippen MR) is 112 cm³/mol. The van der Waals surface area contributed by atoms with Crippen LogP contribution in [-0.2, 0) is 6.54 Å². The van der Waals surface area contributed by atoms with Gasteiger partial charge in [0.1, 0.15) is 12.4 Å². The van der Waals surface area contributed by atoms with Crippen molar-refractivity contribution in [2.24, 2.45) is 4.99 Å². The molecule has 0 aliphatic heterocycles. The van der Waals surface area contributed by atoms with Crippen molar-refractivity contribution in [3.63, 3.8) is 0 Å². The number of aromatic nitrogens is 1. The predicted octanol–water partition coefficient (Wildman–Crippen LogP) is 3.43. The van der Waals surface area contributed by atoms with E-state index in [0.717, 1.165) is 29.0 Å². The summed E-state index contributed by atoms with van der Waals surface area (Å²) in [7, 11) is 1.76. The third kappa shape index (κ3) is 6.64. The molecule has 0 saturated carbocycles. The number of nitrogens with one attached hydrogen (secondary N) is 2. The first-order valence-corrected chi connectivity index (χ1v) is 8.47. The SMILES string of the molecule is CN=C(NCCOc1ccc(C)cc1)NCc1sc(C)nc1C.I. The van der Waals surface area contributed by atoms with Crippen molar-refractivity contribution < 1.29 is 4.74 Å². The van der Waals surface area contributed by atoms with E-state index in [9.17, 15) is 0 Å². The summed E-state index contributed by atoms with van der Waals surface area (Å²) in [5, 5.41) is 7.64. The molecular weight excluding hydrogens is 435 g/mol. The molecule has 0 atom stereocenters. The highest BCUT2D eigenvalue weighted by Gasteiger charge is 2.05. The Labute approximate surface area is 165 Å². The van der Waals surface area contributed by atoms with Gasteiger partial charge < -0.3 is 15.4 Å². The van der Waals surface area contributed by atoms with E-state index in [1.807, 2.05) is 38.1 Å². The van der Waals surface area contributed by atoms with Gasteiger partial charge in [0, 0.05) is 11.9 Å². The summed E-state index contributed by atoms with van der Waals surface area (Å²) in [6.07, 6.45) is 0. The Kier molecular flexibility index (Phi) is 9.05. The van der Waals surface area contributed by atoms with Crippen LogP contribution in [0.2, 0.25) is 0 Å². The molecule has 1 aromatic heterocycles. The van der Waals surface area contributed by atoms with Gasteiger partial charge in [-0.05, 0) is 32.9 Å². The molecule has 1 heterocycles. The number of aliphatic imine (C=N–C) groups is 1. The van der Waals surface area contributed by atoms with Gasteiger partial charge in [0.25, 0.3) is 0 Å². The summed E-state index contributed by atoms with van der Waals surface area (Å²) in [6, 6.07) is 8.06. The van der Waals surface area contributed by atoms with E-state index >= 15 is 0 Å². The molecule has 132 valence electrons. The van der Waals surface area contributed by atoms with Crippen LogP contribution in [0.15, 0.2) is 29.3 Å². The molecule has 2 N–H and O–H groups in total. The largest absolute Gasteiger partial charge is 0.492 e. The summed E-state index contributed by atoms with van der Waals surface area (Å²) in [4.78, 5) is 9.88. The molecule has 7 heteroatoms. The maximum Gasteiger partial charge on any atom is 0.191 e. The lowest BCUT2D eigenvalue weighted by molar-refractivity contribution is 0.322. The van der Waals surface area contributed by atoms with Crippen LogP contribution < -0.4 is 15.4 Å². The first-order valence-electron chi connectivity index (χ1n) is 7.65. The van der Waals surface area contributed by atoms with Crippen molar-refractivity contribution in [1.82, 2.24) is 15.6 Å². The monoisotopic (exact) mass is 460 g/mol. The number of aryl methyl sites for hydroxylation is 3. The van der Waals surface area contributed by atoms with Crippen LogP contribution in [0.25, 0.3) is 0 Å². The van der Waals surface area contributed by atoms with E-state index < -0.39 is 0 Å². The number of hydrogen-bond donors (Lipinski definition) is 2. The molecule has 0 unspecified atom stereocenters. The Bertz CT molecular complexity index is 655. The molecule has 0 aliphatic rings. The van der Waals surface area contributed by atoms with Gasteiger partial charge in [-0.2, -0.15) is 0 Å². The lowest BCUT2D eigenvalue weighted by Gasteiger charge is -2.12. The van der Waals surface area contributed by atoms with Gasteiger partial charge in [0.05, 0.1) is 23.8 Å². The topological polar surface area (TPSA) is 58.5 Å². The van der Waals surface area contributed by atoms with Gasteiger partial charge in [-0.3, -0.25) is 4.99 Å². The Morgan fingerprint density at radius 3 is 2.46 bits per heavy atom. The van der Waals surface area contributed by atoms with Crippen molar-refractivity contribution in [3.8, 4) is 5.75 Å². The lowest BCUT2D eigenvalue weighted by Crippen LogP contribution is -2.38. The molecule has 0 spiro atoms. The normalized spacial score (nSPS) is 10.9. The molecule has 0 saturated heterocycles. The van der Waals surface area contributed by atoms with Crippen LogP contribution >= 0.6 is 35.3 Å². The fourth-order valence-corrected chi connectivity index (χ4v) is 2.97. The van der Waals surface area contributed by atoms with Crippen molar-refractivity contribution in [2.45, 2.75) is 27.3 Å². The van der Waals surface area contributed by atoms with E-state index in [-0.39, 0.29) is 24.0 Å². The number of guanidine groups is 1. The Hall–Kier alpha value is -1.35. The Balaban J connectivity index is 0.00000288. The van der Waals surface area contributed by atoms with Crippen molar-refractivity contribution in [2.75, 3.05) is 20.2 Å². The molecular formula is C17H25IN4OS. The zero-order valence-electron chi connectivity index (χ0n) is 14.5. The van der Waals surface area contributed by atoms with E-state index in [4.69, 9.17) is 4.74 Å². The highest BCUT2D eigenvalue weighted by atomic mass is 127. The van der Waals surface area contributed by atoms with Crippen molar-refractivity contribution in [3.05, 3.63) is 45.4 Å². The summed E-state index contributed by atoms with van der Waals surface area (Å²) in [5.41, 5.74) is 2.31. The molecule has 0 aliphatic carbocycles. The molecule has 24 heavy (non-hydrogen) atoms. The highest BCUT2D eigenvalue weighted by Crippen LogP contribution is 2.16. The molecule has 2 aromatic rings. The molecule has 1 aromatic carbocycles. The van der Waals surface area contributed by atoms with E-state index in [1.165, 1.54) is 10.4 Å². The van der Waals surface area contributed by atoms with E-state index in [1.54, 1.807) is 18.4 Å². The smallest absolute Gasteiger partial charge is 0.191 e. The number of ether oxygens (including phenoxy) is 1. The van der Waals surface area contributed by atoms with Gasteiger partial charge in [0.15, 0.2) is 5.96 Å². The first kappa shape index (κ1) is 20.7. The minimum Gasteiger partial charge on any atom is -0.492 e. The van der Waals surface area contributed by atoms with Crippen LogP contribution in [0.4, 0.5) is 0 Å². The standard InChI is InChI=1S/C17H24N4OS.HI/c1-12-5-7-15(8-6-12)22-10-9-19-17(18-4)20-11-16-13(2)21-14(3)23-16;/h5-8H,9-11H2,1-4H3,(H2,18,19,20);1H. The van der Waals surface area contributed by atoms with Crippen LogP contribution in [0, 0.1) is 20.8 Å². The number of rotatable bonds is 6. The number of halogens is 1.